The van der Waals surface area contributed by atoms with Crippen LogP contribution in [0.5, 0.6) is 0 Å². The normalized spacial score (nSPS) is 14.3. The van der Waals surface area contributed by atoms with Gasteiger partial charge in [0.25, 0.3) is 11.5 Å². The number of H-pyrrole nitrogens is 1. The van der Waals surface area contributed by atoms with Crippen molar-refractivity contribution in [2.75, 3.05) is 18.5 Å². The van der Waals surface area contributed by atoms with Crippen LogP contribution in [0.4, 0.5) is 5.69 Å². The summed E-state index contributed by atoms with van der Waals surface area (Å²) in [6.45, 7) is 6.98. The number of carbonyl (C=O) groups excluding carboxylic acids is 2. The fourth-order valence-electron chi connectivity index (χ4n) is 3.82. The SMILES string of the molecule is Cc1cc(C)c(CNC(=O)c2cc(Br)cc(NC(=O)CC3CCOCC3)c2C)c(=O)[nH]1. The number of nitrogens with one attached hydrogen (secondary N) is 3. The number of hydrogen-bond donors (Lipinski definition) is 3. The molecule has 166 valence electrons. The first-order chi connectivity index (χ1) is 14.7. The largest absolute Gasteiger partial charge is 0.381 e. The molecular weight excluding hydrogens is 462 g/mol. The van der Waals surface area contributed by atoms with Crippen LogP contribution in [-0.4, -0.2) is 30.0 Å². The number of rotatable bonds is 6. The van der Waals surface area contributed by atoms with Gasteiger partial charge in [0.05, 0.1) is 0 Å². The summed E-state index contributed by atoms with van der Waals surface area (Å²) in [7, 11) is 0. The summed E-state index contributed by atoms with van der Waals surface area (Å²) in [4.78, 5) is 40.4. The van der Waals surface area contributed by atoms with Gasteiger partial charge in [-0.25, -0.2) is 0 Å². The molecule has 0 spiro atoms. The molecule has 1 aromatic carbocycles. The highest BCUT2D eigenvalue weighted by atomic mass is 79.9. The lowest BCUT2D eigenvalue weighted by Crippen LogP contribution is -2.28. The van der Waals surface area contributed by atoms with Gasteiger partial charge in [-0.1, -0.05) is 15.9 Å². The van der Waals surface area contributed by atoms with Crippen molar-refractivity contribution >= 4 is 33.4 Å². The Kier molecular flexibility index (Phi) is 7.67. The number of halogens is 1. The lowest BCUT2D eigenvalue weighted by molar-refractivity contribution is -0.117. The van der Waals surface area contributed by atoms with Crippen LogP contribution in [0.3, 0.4) is 0 Å². The summed E-state index contributed by atoms with van der Waals surface area (Å²) in [5, 5.41) is 5.77. The Hall–Kier alpha value is -2.45. The molecule has 1 saturated heterocycles. The van der Waals surface area contributed by atoms with Crippen LogP contribution < -0.4 is 16.2 Å². The summed E-state index contributed by atoms with van der Waals surface area (Å²) in [6, 6.07) is 5.38. The number of aromatic nitrogens is 1. The fourth-order valence-corrected chi connectivity index (χ4v) is 4.28. The van der Waals surface area contributed by atoms with Gasteiger partial charge in [0.1, 0.15) is 0 Å². The van der Waals surface area contributed by atoms with Crippen molar-refractivity contribution < 1.29 is 14.3 Å². The second-order valence-corrected chi connectivity index (χ2v) is 8.98. The first kappa shape index (κ1) is 23.2. The molecule has 0 bridgehead atoms. The van der Waals surface area contributed by atoms with Crippen LogP contribution in [0.1, 0.15) is 52.0 Å². The predicted octanol–water partition coefficient (Wildman–Crippen LogP) is 3.75. The smallest absolute Gasteiger partial charge is 0.253 e. The molecule has 1 aromatic heterocycles. The number of ether oxygens (including phenoxy) is 1. The average molecular weight is 490 g/mol. The van der Waals surface area contributed by atoms with E-state index in [1.54, 1.807) is 19.1 Å². The van der Waals surface area contributed by atoms with Gasteiger partial charge in [-0.15, -0.1) is 0 Å². The molecule has 2 amide bonds. The third kappa shape index (κ3) is 6.04. The fraction of sp³-hybridized carbons (Fsp3) is 0.435. The number of aromatic amines is 1. The minimum absolute atomic E-state index is 0.0683. The Labute approximate surface area is 190 Å². The lowest BCUT2D eigenvalue weighted by atomic mass is 9.96. The molecule has 0 unspecified atom stereocenters. The van der Waals surface area contributed by atoms with Gasteiger partial charge in [0.15, 0.2) is 0 Å². The zero-order valence-corrected chi connectivity index (χ0v) is 19.6. The molecule has 2 aromatic rings. The molecular formula is C23H28BrN3O4. The molecule has 8 heteroatoms. The Bertz CT molecular complexity index is 1040. The highest BCUT2D eigenvalue weighted by Gasteiger charge is 2.20. The second kappa shape index (κ2) is 10.2. The molecule has 2 heterocycles. The molecule has 1 aliphatic heterocycles. The van der Waals surface area contributed by atoms with Crippen LogP contribution in [0, 0.1) is 26.7 Å². The van der Waals surface area contributed by atoms with Crippen LogP contribution in [0.15, 0.2) is 27.5 Å². The molecule has 0 aliphatic carbocycles. The van der Waals surface area contributed by atoms with Crippen molar-refractivity contribution in [1.29, 1.82) is 0 Å². The molecule has 0 saturated carbocycles. The van der Waals surface area contributed by atoms with E-state index in [9.17, 15) is 14.4 Å². The molecule has 7 nitrogen and oxygen atoms in total. The van der Waals surface area contributed by atoms with Crippen molar-refractivity contribution in [3.8, 4) is 0 Å². The number of amides is 2. The minimum atomic E-state index is -0.307. The van der Waals surface area contributed by atoms with Gasteiger partial charge in [-0.2, -0.15) is 0 Å². The van der Waals surface area contributed by atoms with E-state index in [0.29, 0.717) is 52.4 Å². The maximum Gasteiger partial charge on any atom is 0.253 e. The van der Waals surface area contributed by atoms with Crippen LogP contribution >= 0.6 is 15.9 Å². The van der Waals surface area contributed by atoms with Crippen molar-refractivity contribution in [2.24, 2.45) is 5.92 Å². The summed E-state index contributed by atoms with van der Waals surface area (Å²) < 4.78 is 6.04. The molecule has 1 fully saturated rings. The Morgan fingerprint density at radius 1 is 1.16 bits per heavy atom. The first-order valence-electron chi connectivity index (χ1n) is 10.4. The van der Waals surface area contributed by atoms with E-state index in [1.165, 1.54) is 0 Å². The lowest BCUT2D eigenvalue weighted by Gasteiger charge is -2.21. The maximum atomic E-state index is 12.9. The number of carbonyl (C=O) groups is 2. The van der Waals surface area contributed by atoms with E-state index in [-0.39, 0.29) is 23.9 Å². The molecule has 3 rings (SSSR count). The van der Waals surface area contributed by atoms with Gasteiger partial charge in [0, 0.05) is 53.2 Å². The predicted molar refractivity (Wildman–Crippen MR) is 123 cm³/mol. The zero-order chi connectivity index (χ0) is 22.5. The Morgan fingerprint density at radius 3 is 2.55 bits per heavy atom. The van der Waals surface area contributed by atoms with Crippen molar-refractivity contribution in [3.63, 3.8) is 0 Å². The van der Waals surface area contributed by atoms with Gasteiger partial charge in [0.2, 0.25) is 5.91 Å². The number of aryl methyl sites for hydroxylation is 2. The van der Waals surface area contributed by atoms with Gasteiger partial charge in [-0.05, 0) is 68.9 Å². The summed E-state index contributed by atoms with van der Waals surface area (Å²) in [5.74, 6) is -0.0563. The highest BCUT2D eigenvalue weighted by Crippen LogP contribution is 2.26. The van der Waals surface area contributed by atoms with Crippen LogP contribution in [0.2, 0.25) is 0 Å². The number of pyridine rings is 1. The number of hydrogen-bond acceptors (Lipinski definition) is 4. The zero-order valence-electron chi connectivity index (χ0n) is 18.1. The van der Waals surface area contributed by atoms with E-state index < -0.39 is 0 Å². The molecule has 31 heavy (non-hydrogen) atoms. The topological polar surface area (TPSA) is 100 Å². The van der Waals surface area contributed by atoms with Gasteiger partial charge >= 0.3 is 0 Å². The van der Waals surface area contributed by atoms with E-state index in [0.717, 1.165) is 24.1 Å². The summed E-state index contributed by atoms with van der Waals surface area (Å²) >= 11 is 3.43. The first-order valence-corrected chi connectivity index (χ1v) is 11.2. The average Bonchev–Trinajstić information content (AvgIpc) is 2.70. The molecule has 0 atom stereocenters. The minimum Gasteiger partial charge on any atom is -0.381 e. The standard InChI is InChI=1S/C23H28BrN3O4/c1-13-8-14(2)26-23(30)19(13)12-25-22(29)18-10-17(24)11-20(15(18)3)27-21(28)9-16-4-6-31-7-5-16/h8,10-11,16H,4-7,9,12H2,1-3H3,(H,25,29)(H,26,30)(H,27,28). The Morgan fingerprint density at radius 2 is 1.87 bits per heavy atom. The number of benzene rings is 1. The maximum absolute atomic E-state index is 12.9. The van der Waals surface area contributed by atoms with Crippen LogP contribution in [-0.2, 0) is 16.1 Å². The molecule has 1 aliphatic rings. The molecule has 0 radical (unpaired) electrons. The van der Waals surface area contributed by atoms with E-state index in [1.807, 2.05) is 19.9 Å². The second-order valence-electron chi connectivity index (χ2n) is 8.06. The Balaban J connectivity index is 1.71. The molecule has 3 N–H and O–H groups in total. The summed E-state index contributed by atoms with van der Waals surface area (Å²) in [6.07, 6.45) is 2.21. The third-order valence-electron chi connectivity index (χ3n) is 5.63. The van der Waals surface area contributed by atoms with E-state index in [2.05, 4.69) is 31.5 Å². The summed E-state index contributed by atoms with van der Waals surface area (Å²) in [5.41, 5.74) is 3.64. The van der Waals surface area contributed by atoms with E-state index in [4.69, 9.17) is 4.74 Å². The van der Waals surface area contributed by atoms with Gasteiger partial charge in [-0.3, -0.25) is 14.4 Å². The highest BCUT2D eigenvalue weighted by molar-refractivity contribution is 9.10. The van der Waals surface area contributed by atoms with E-state index >= 15 is 0 Å². The van der Waals surface area contributed by atoms with Gasteiger partial charge < -0.3 is 20.4 Å². The van der Waals surface area contributed by atoms with Crippen LogP contribution in [0.25, 0.3) is 0 Å². The van der Waals surface area contributed by atoms with Crippen molar-refractivity contribution in [3.05, 3.63) is 61.0 Å². The third-order valence-corrected chi connectivity index (χ3v) is 6.08. The van der Waals surface area contributed by atoms with Crippen molar-refractivity contribution in [2.45, 2.75) is 46.6 Å². The van der Waals surface area contributed by atoms with Crippen molar-refractivity contribution in [1.82, 2.24) is 10.3 Å². The number of anilines is 1. The quantitative estimate of drug-likeness (QED) is 0.574. The monoisotopic (exact) mass is 489 g/mol.